The van der Waals surface area contributed by atoms with Gasteiger partial charge in [0.15, 0.2) is 0 Å². The van der Waals surface area contributed by atoms with Gasteiger partial charge in [-0.15, -0.1) is 0 Å². The van der Waals surface area contributed by atoms with Crippen molar-refractivity contribution >= 4 is 12.1 Å². The summed E-state index contributed by atoms with van der Waals surface area (Å²) in [5.74, 6) is -0.291. The fourth-order valence-electron chi connectivity index (χ4n) is 2.07. The van der Waals surface area contributed by atoms with E-state index in [1.807, 2.05) is 26.8 Å². The number of hydrogen-bond acceptors (Lipinski definition) is 4. The first-order valence-corrected chi connectivity index (χ1v) is 7.28. The molecule has 1 aliphatic rings. The zero-order chi connectivity index (χ0) is 15.9. The van der Waals surface area contributed by atoms with Crippen molar-refractivity contribution in [1.29, 1.82) is 0 Å². The lowest BCUT2D eigenvalue weighted by Crippen LogP contribution is -2.33. The number of carbonyl (C=O) groups excluding carboxylic acids is 2. The number of hydrogen-bond donors (Lipinski definition) is 1. The van der Waals surface area contributed by atoms with Gasteiger partial charge < -0.3 is 14.8 Å². The third-order valence-corrected chi connectivity index (χ3v) is 2.95. The minimum absolute atomic E-state index is 0.291. The van der Waals surface area contributed by atoms with E-state index in [-0.39, 0.29) is 5.97 Å². The van der Waals surface area contributed by atoms with Crippen LogP contribution in [-0.2, 0) is 14.3 Å². The highest BCUT2D eigenvalue weighted by atomic mass is 16.6. The first-order chi connectivity index (χ1) is 9.83. The van der Waals surface area contributed by atoms with Gasteiger partial charge in [-0.2, -0.15) is 0 Å². The molecule has 21 heavy (non-hydrogen) atoms. The predicted octanol–water partition coefficient (Wildman–Crippen LogP) is 3.11. The standard InChI is InChI=1S/C16H25NO4/c1-16(2,3)21-15(19)17-11-7-9-12-8-5-6-10-13(12)14(18)20-4/h8,10H,5-7,9,11H2,1-4H3,(H,17,19). The van der Waals surface area contributed by atoms with Crippen LogP contribution in [0.1, 0.15) is 46.5 Å². The Balaban J connectivity index is 2.35. The lowest BCUT2D eigenvalue weighted by Gasteiger charge is -2.20. The Kier molecular flexibility index (Phi) is 6.46. The zero-order valence-corrected chi connectivity index (χ0v) is 13.3. The highest BCUT2D eigenvalue weighted by Gasteiger charge is 2.18. The Morgan fingerprint density at radius 3 is 2.52 bits per heavy atom. The molecule has 0 saturated carbocycles. The number of amides is 1. The fourth-order valence-corrected chi connectivity index (χ4v) is 2.07. The molecule has 0 atom stereocenters. The summed E-state index contributed by atoms with van der Waals surface area (Å²) in [5, 5.41) is 2.71. The van der Waals surface area contributed by atoms with Gasteiger partial charge in [0.25, 0.3) is 0 Å². The number of rotatable bonds is 5. The monoisotopic (exact) mass is 295 g/mol. The molecule has 0 aromatic carbocycles. The van der Waals surface area contributed by atoms with Crippen LogP contribution in [0.3, 0.4) is 0 Å². The molecule has 0 aliphatic heterocycles. The maximum absolute atomic E-state index is 11.7. The molecule has 0 aromatic rings. The van der Waals surface area contributed by atoms with Gasteiger partial charge in [0, 0.05) is 6.54 Å². The minimum Gasteiger partial charge on any atom is -0.465 e. The van der Waals surface area contributed by atoms with Crippen LogP contribution in [0.25, 0.3) is 0 Å². The third kappa shape index (κ3) is 6.47. The quantitative estimate of drug-likeness (QED) is 0.625. The van der Waals surface area contributed by atoms with Crippen LogP contribution >= 0.6 is 0 Å². The van der Waals surface area contributed by atoms with Gasteiger partial charge in [0.1, 0.15) is 5.60 Å². The third-order valence-electron chi connectivity index (χ3n) is 2.95. The minimum atomic E-state index is -0.489. The van der Waals surface area contributed by atoms with E-state index >= 15 is 0 Å². The van der Waals surface area contributed by atoms with Crippen molar-refractivity contribution in [2.24, 2.45) is 0 Å². The van der Waals surface area contributed by atoms with Gasteiger partial charge in [-0.25, -0.2) is 9.59 Å². The van der Waals surface area contributed by atoms with E-state index in [0.29, 0.717) is 12.1 Å². The fraction of sp³-hybridized carbons (Fsp3) is 0.625. The molecule has 0 spiro atoms. The van der Waals surface area contributed by atoms with Crippen LogP contribution in [0.4, 0.5) is 4.79 Å². The van der Waals surface area contributed by atoms with Crippen LogP contribution in [-0.4, -0.2) is 31.3 Å². The van der Waals surface area contributed by atoms with Crippen molar-refractivity contribution < 1.29 is 19.1 Å². The number of carbonyl (C=O) groups is 2. The van der Waals surface area contributed by atoms with E-state index < -0.39 is 11.7 Å². The normalized spacial score (nSPS) is 14.9. The lowest BCUT2D eigenvalue weighted by atomic mass is 9.94. The van der Waals surface area contributed by atoms with Gasteiger partial charge in [0.05, 0.1) is 12.7 Å². The molecular formula is C16H25NO4. The van der Waals surface area contributed by atoms with Gasteiger partial charge >= 0.3 is 12.1 Å². The number of alkyl carbamates (subject to hydrolysis) is 1. The Morgan fingerprint density at radius 2 is 1.90 bits per heavy atom. The second kappa shape index (κ2) is 7.86. The average Bonchev–Trinajstić information content (AvgIpc) is 2.41. The molecule has 0 aromatic heterocycles. The average molecular weight is 295 g/mol. The topological polar surface area (TPSA) is 64.6 Å². The molecule has 0 heterocycles. The Labute approximate surface area is 126 Å². The maximum Gasteiger partial charge on any atom is 0.407 e. The van der Waals surface area contributed by atoms with Crippen LogP contribution in [0.5, 0.6) is 0 Å². The molecule has 1 aliphatic carbocycles. The van der Waals surface area contributed by atoms with Crippen molar-refractivity contribution in [2.75, 3.05) is 13.7 Å². The molecule has 1 rings (SSSR count). The summed E-state index contributed by atoms with van der Waals surface area (Å²) in [5.41, 5.74) is 1.16. The molecule has 5 heteroatoms. The summed E-state index contributed by atoms with van der Waals surface area (Å²) in [4.78, 5) is 23.1. The lowest BCUT2D eigenvalue weighted by molar-refractivity contribution is -0.135. The predicted molar refractivity (Wildman–Crippen MR) is 80.9 cm³/mol. The number of allylic oxidation sites excluding steroid dienone is 2. The number of esters is 1. The van der Waals surface area contributed by atoms with Crippen molar-refractivity contribution in [1.82, 2.24) is 5.32 Å². The molecule has 118 valence electrons. The Hall–Kier alpha value is -1.78. The Bertz CT molecular complexity index is 444. The molecule has 0 unspecified atom stereocenters. The number of methoxy groups -OCH3 is 1. The summed E-state index contributed by atoms with van der Waals surface area (Å²) in [7, 11) is 1.39. The van der Waals surface area contributed by atoms with Crippen molar-refractivity contribution in [3.05, 3.63) is 23.3 Å². The molecule has 5 nitrogen and oxygen atoms in total. The molecule has 0 radical (unpaired) electrons. The van der Waals surface area contributed by atoms with E-state index in [4.69, 9.17) is 9.47 Å². The summed E-state index contributed by atoms with van der Waals surface area (Å²) in [6.45, 7) is 5.99. The van der Waals surface area contributed by atoms with E-state index in [1.54, 1.807) is 0 Å². The molecule has 1 N–H and O–H groups in total. The smallest absolute Gasteiger partial charge is 0.407 e. The second-order valence-corrected chi connectivity index (χ2v) is 5.95. The van der Waals surface area contributed by atoms with E-state index in [2.05, 4.69) is 11.4 Å². The van der Waals surface area contributed by atoms with Crippen LogP contribution < -0.4 is 5.32 Å². The van der Waals surface area contributed by atoms with Crippen LogP contribution in [0.15, 0.2) is 23.3 Å². The molecular weight excluding hydrogens is 270 g/mol. The summed E-state index contributed by atoms with van der Waals surface area (Å²) >= 11 is 0. The van der Waals surface area contributed by atoms with Gasteiger partial charge in [0.2, 0.25) is 0 Å². The zero-order valence-electron chi connectivity index (χ0n) is 13.3. The summed E-state index contributed by atoms with van der Waals surface area (Å²) in [6.07, 6.45) is 6.86. The van der Waals surface area contributed by atoms with E-state index in [9.17, 15) is 9.59 Å². The van der Waals surface area contributed by atoms with Crippen molar-refractivity contribution in [3.8, 4) is 0 Å². The van der Waals surface area contributed by atoms with Crippen LogP contribution in [0, 0.1) is 0 Å². The molecule has 0 bridgehead atoms. The van der Waals surface area contributed by atoms with Gasteiger partial charge in [-0.1, -0.05) is 12.2 Å². The summed E-state index contributed by atoms with van der Waals surface area (Å²) < 4.78 is 9.94. The van der Waals surface area contributed by atoms with E-state index in [0.717, 1.165) is 31.3 Å². The Morgan fingerprint density at radius 1 is 1.24 bits per heavy atom. The highest BCUT2D eigenvalue weighted by Crippen LogP contribution is 2.23. The van der Waals surface area contributed by atoms with Crippen molar-refractivity contribution in [3.63, 3.8) is 0 Å². The van der Waals surface area contributed by atoms with E-state index in [1.165, 1.54) is 7.11 Å². The molecule has 0 fully saturated rings. The van der Waals surface area contributed by atoms with Crippen LogP contribution in [0.2, 0.25) is 0 Å². The maximum atomic E-state index is 11.7. The number of nitrogens with one attached hydrogen (secondary N) is 1. The largest absolute Gasteiger partial charge is 0.465 e. The first kappa shape index (κ1) is 17.3. The number of ether oxygens (including phenoxy) is 2. The molecule has 0 saturated heterocycles. The van der Waals surface area contributed by atoms with Gasteiger partial charge in [-0.3, -0.25) is 0 Å². The first-order valence-electron chi connectivity index (χ1n) is 7.28. The van der Waals surface area contributed by atoms with Gasteiger partial charge in [-0.05, 0) is 52.0 Å². The van der Waals surface area contributed by atoms with Crippen molar-refractivity contribution in [2.45, 2.75) is 52.1 Å². The SMILES string of the molecule is COC(=O)C1=CCCC=C1CCCNC(=O)OC(C)(C)C. The second-order valence-electron chi connectivity index (χ2n) is 5.95. The molecule has 1 amide bonds. The summed E-state index contributed by atoms with van der Waals surface area (Å²) in [6, 6.07) is 0. The highest BCUT2D eigenvalue weighted by molar-refractivity contribution is 5.93.